The van der Waals surface area contributed by atoms with E-state index in [4.69, 9.17) is 11.5 Å². The van der Waals surface area contributed by atoms with Gasteiger partial charge in [-0.2, -0.15) is 0 Å². The van der Waals surface area contributed by atoms with Crippen LogP contribution in [0, 0.1) is 0 Å². The van der Waals surface area contributed by atoms with Crippen molar-refractivity contribution in [3.05, 3.63) is 6.33 Å². The van der Waals surface area contributed by atoms with Crippen molar-refractivity contribution in [2.75, 3.05) is 11.5 Å². The SMILES string of the molecule is CC=Nc1ncnc(N)c1N. The second-order valence-corrected chi connectivity index (χ2v) is 1.88. The highest BCUT2D eigenvalue weighted by atomic mass is 15.0. The van der Waals surface area contributed by atoms with Gasteiger partial charge in [0.2, 0.25) is 0 Å². The summed E-state index contributed by atoms with van der Waals surface area (Å²) in [4.78, 5) is 11.4. The summed E-state index contributed by atoms with van der Waals surface area (Å²) in [5, 5.41) is 0. The quantitative estimate of drug-likeness (QED) is 0.567. The fourth-order valence-electron chi connectivity index (χ4n) is 0.625. The number of nitrogens with zero attached hydrogens (tertiary/aromatic N) is 3. The smallest absolute Gasteiger partial charge is 0.180 e. The molecule has 0 aliphatic heterocycles. The van der Waals surface area contributed by atoms with Gasteiger partial charge in [0.25, 0.3) is 0 Å². The molecule has 58 valence electrons. The van der Waals surface area contributed by atoms with Crippen LogP contribution in [0.15, 0.2) is 11.3 Å². The third kappa shape index (κ3) is 1.43. The number of rotatable bonds is 1. The lowest BCUT2D eigenvalue weighted by Crippen LogP contribution is -1.98. The van der Waals surface area contributed by atoms with Gasteiger partial charge < -0.3 is 11.5 Å². The van der Waals surface area contributed by atoms with E-state index in [1.165, 1.54) is 6.33 Å². The van der Waals surface area contributed by atoms with Crippen molar-refractivity contribution >= 4 is 23.5 Å². The molecule has 0 amide bonds. The van der Waals surface area contributed by atoms with Gasteiger partial charge in [0.05, 0.1) is 0 Å². The lowest BCUT2D eigenvalue weighted by molar-refractivity contribution is 1.16. The molecule has 1 aromatic heterocycles. The first-order valence-corrected chi connectivity index (χ1v) is 3.10. The number of nitrogen functional groups attached to an aromatic ring is 2. The lowest BCUT2D eigenvalue weighted by Gasteiger charge is -1.99. The molecular formula is C6H9N5. The van der Waals surface area contributed by atoms with E-state index in [0.717, 1.165) is 0 Å². The standard InChI is InChI=1S/C6H9N5/c1-2-9-6-4(7)5(8)10-3-11-6/h2-3H,7H2,1H3,(H2,8,10,11). The third-order valence-corrected chi connectivity index (χ3v) is 1.15. The summed E-state index contributed by atoms with van der Waals surface area (Å²) < 4.78 is 0. The Labute approximate surface area is 64.2 Å². The highest BCUT2D eigenvalue weighted by molar-refractivity contribution is 5.73. The minimum atomic E-state index is 0.264. The first-order valence-electron chi connectivity index (χ1n) is 3.10. The Morgan fingerprint density at radius 2 is 2.18 bits per heavy atom. The van der Waals surface area contributed by atoms with Crippen LogP contribution < -0.4 is 11.5 Å². The summed E-state index contributed by atoms with van der Waals surface area (Å²) in [6.07, 6.45) is 2.92. The highest BCUT2D eigenvalue weighted by Crippen LogP contribution is 2.21. The Balaban J connectivity index is 3.16. The van der Waals surface area contributed by atoms with Crippen LogP contribution in [0.5, 0.6) is 0 Å². The van der Waals surface area contributed by atoms with Gasteiger partial charge >= 0.3 is 0 Å². The van der Waals surface area contributed by atoms with E-state index >= 15 is 0 Å². The van der Waals surface area contributed by atoms with Crippen LogP contribution in [-0.2, 0) is 0 Å². The molecule has 11 heavy (non-hydrogen) atoms. The molecule has 0 aliphatic rings. The predicted molar refractivity (Wildman–Crippen MR) is 44.7 cm³/mol. The highest BCUT2D eigenvalue weighted by Gasteiger charge is 2.00. The second kappa shape index (κ2) is 2.96. The zero-order valence-electron chi connectivity index (χ0n) is 6.15. The van der Waals surface area contributed by atoms with Crippen LogP contribution in [0.1, 0.15) is 6.92 Å². The number of nitrogens with two attached hydrogens (primary N) is 2. The van der Waals surface area contributed by atoms with Gasteiger partial charge in [-0.3, -0.25) is 0 Å². The first kappa shape index (κ1) is 7.46. The Kier molecular flexibility index (Phi) is 2.00. The summed E-state index contributed by atoms with van der Waals surface area (Å²) in [6.45, 7) is 1.78. The van der Waals surface area contributed by atoms with Crippen molar-refractivity contribution in [1.29, 1.82) is 0 Å². The molecule has 1 heterocycles. The van der Waals surface area contributed by atoms with Gasteiger partial charge in [-0.1, -0.05) is 0 Å². The summed E-state index contributed by atoms with van der Waals surface area (Å²) in [5.74, 6) is 0.681. The number of aromatic nitrogens is 2. The van der Waals surface area contributed by atoms with E-state index in [9.17, 15) is 0 Å². The average molecular weight is 151 g/mol. The van der Waals surface area contributed by atoms with E-state index in [1.54, 1.807) is 13.1 Å². The predicted octanol–water partition coefficient (Wildman–Crippen LogP) is 0.363. The van der Waals surface area contributed by atoms with Crippen molar-refractivity contribution in [3.8, 4) is 0 Å². The lowest BCUT2D eigenvalue weighted by atomic mass is 10.4. The molecule has 0 aliphatic carbocycles. The molecule has 5 nitrogen and oxygen atoms in total. The molecule has 1 aromatic rings. The Morgan fingerprint density at radius 3 is 2.82 bits per heavy atom. The minimum absolute atomic E-state index is 0.264. The van der Waals surface area contributed by atoms with Gasteiger partial charge in [-0.25, -0.2) is 15.0 Å². The first-order chi connectivity index (χ1) is 5.25. The van der Waals surface area contributed by atoms with Crippen LogP contribution in [0.3, 0.4) is 0 Å². The van der Waals surface area contributed by atoms with Crippen LogP contribution in [-0.4, -0.2) is 16.2 Å². The summed E-state index contributed by atoms with van der Waals surface area (Å²) in [6, 6.07) is 0. The van der Waals surface area contributed by atoms with Gasteiger partial charge in [-0.15, -0.1) is 0 Å². The van der Waals surface area contributed by atoms with Crippen molar-refractivity contribution in [1.82, 2.24) is 9.97 Å². The molecular weight excluding hydrogens is 142 g/mol. The Bertz CT molecular complexity index is 280. The third-order valence-electron chi connectivity index (χ3n) is 1.15. The molecule has 0 fully saturated rings. The van der Waals surface area contributed by atoms with E-state index in [-0.39, 0.29) is 5.82 Å². The molecule has 0 spiro atoms. The number of hydrogen-bond donors (Lipinski definition) is 2. The van der Waals surface area contributed by atoms with Crippen molar-refractivity contribution in [2.45, 2.75) is 6.92 Å². The molecule has 1 rings (SSSR count). The Hall–Kier alpha value is -1.65. The minimum Gasteiger partial charge on any atom is -0.393 e. The van der Waals surface area contributed by atoms with Gasteiger partial charge in [0.15, 0.2) is 11.6 Å². The number of anilines is 2. The van der Waals surface area contributed by atoms with E-state index in [0.29, 0.717) is 11.5 Å². The maximum Gasteiger partial charge on any atom is 0.180 e. The molecule has 0 saturated heterocycles. The number of aliphatic imine (C=N–C) groups is 1. The monoisotopic (exact) mass is 151 g/mol. The van der Waals surface area contributed by atoms with Crippen LogP contribution in [0.25, 0.3) is 0 Å². The molecule has 5 heteroatoms. The van der Waals surface area contributed by atoms with Crippen molar-refractivity contribution in [2.24, 2.45) is 4.99 Å². The van der Waals surface area contributed by atoms with Gasteiger partial charge in [0.1, 0.15) is 12.0 Å². The Morgan fingerprint density at radius 1 is 1.45 bits per heavy atom. The van der Waals surface area contributed by atoms with E-state index < -0.39 is 0 Å². The second-order valence-electron chi connectivity index (χ2n) is 1.88. The average Bonchev–Trinajstić information content (AvgIpc) is 1.99. The fraction of sp³-hybridized carbons (Fsp3) is 0.167. The molecule has 0 saturated carbocycles. The molecule has 0 atom stereocenters. The molecule has 4 N–H and O–H groups in total. The summed E-state index contributed by atoms with van der Waals surface area (Å²) >= 11 is 0. The van der Waals surface area contributed by atoms with E-state index in [1.807, 2.05) is 0 Å². The van der Waals surface area contributed by atoms with Crippen molar-refractivity contribution < 1.29 is 0 Å². The largest absolute Gasteiger partial charge is 0.393 e. The molecule has 0 bridgehead atoms. The number of hydrogen-bond acceptors (Lipinski definition) is 5. The maximum absolute atomic E-state index is 5.50. The van der Waals surface area contributed by atoms with Crippen LogP contribution in [0.4, 0.5) is 17.3 Å². The molecule has 0 aromatic carbocycles. The van der Waals surface area contributed by atoms with Crippen molar-refractivity contribution in [3.63, 3.8) is 0 Å². The maximum atomic E-state index is 5.50. The zero-order chi connectivity index (χ0) is 8.27. The van der Waals surface area contributed by atoms with Gasteiger partial charge in [0, 0.05) is 6.21 Å². The fourth-order valence-corrected chi connectivity index (χ4v) is 0.625. The topological polar surface area (TPSA) is 90.2 Å². The summed E-state index contributed by atoms with van der Waals surface area (Å²) in [5.41, 5.74) is 11.2. The molecule has 0 radical (unpaired) electrons. The van der Waals surface area contributed by atoms with Crippen LogP contribution in [0.2, 0.25) is 0 Å². The normalized spacial score (nSPS) is 10.6. The zero-order valence-corrected chi connectivity index (χ0v) is 6.15. The molecule has 0 unspecified atom stereocenters. The summed E-state index contributed by atoms with van der Waals surface area (Å²) in [7, 11) is 0. The van der Waals surface area contributed by atoms with Gasteiger partial charge in [-0.05, 0) is 6.92 Å². The van der Waals surface area contributed by atoms with E-state index in [2.05, 4.69) is 15.0 Å². The van der Waals surface area contributed by atoms with Crippen LogP contribution >= 0.6 is 0 Å².